The van der Waals surface area contributed by atoms with Crippen LogP contribution in [0.15, 0.2) is 53.6 Å². The van der Waals surface area contributed by atoms with Crippen LogP contribution in [0.5, 0.6) is 11.5 Å². The van der Waals surface area contributed by atoms with Gasteiger partial charge in [-0.15, -0.1) is 11.8 Å². The SMILES string of the molecule is CCOc1ccccc1NC(=O)CCSc1cc(C)c2cccc(OC)c2n1. The van der Waals surface area contributed by atoms with Crippen LogP contribution < -0.4 is 14.8 Å². The van der Waals surface area contributed by atoms with Gasteiger partial charge in [-0.2, -0.15) is 0 Å². The monoisotopic (exact) mass is 396 g/mol. The van der Waals surface area contributed by atoms with Crippen LogP contribution in [0.2, 0.25) is 0 Å². The first-order valence-corrected chi connectivity index (χ1v) is 10.2. The van der Waals surface area contributed by atoms with Gasteiger partial charge in [0.15, 0.2) is 0 Å². The van der Waals surface area contributed by atoms with Crippen LogP contribution in [0.3, 0.4) is 0 Å². The van der Waals surface area contributed by atoms with Crippen molar-refractivity contribution in [2.75, 3.05) is 24.8 Å². The summed E-state index contributed by atoms with van der Waals surface area (Å²) in [4.78, 5) is 17.0. The van der Waals surface area contributed by atoms with Gasteiger partial charge >= 0.3 is 0 Å². The fraction of sp³-hybridized carbons (Fsp3) is 0.273. The number of benzene rings is 2. The number of thioether (sulfide) groups is 1. The highest BCUT2D eigenvalue weighted by Gasteiger charge is 2.10. The number of nitrogens with one attached hydrogen (secondary N) is 1. The largest absolute Gasteiger partial charge is 0.494 e. The molecule has 0 bridgehead atoms. The minimum absolute atomic E-state index is 0.0465. The summed E-state index contributed by atoms with van der Waals surface area (Å²) in [7, 11) is 1.65. The number of carbonyl (C=O) groups excluding carboxylic acids is 1. The van der Waals surface area contributed by atoms with Gasteiger partial charge in [-0.25, -0.2) is 4.98 Å². The zero-order valence-corrected chi connectivity index (χ0v) is 17.1. The van der Waals surface area contributed by atoms with Gasteiger partial charge in [0.05, 0.1) is 24.4 Å². The quantitative estimate of drug-likeness (QED) is 0.539. The number of pyridine rings is 1. The number of carbonyl (C=O) groups is 1. The molecular formula is C22H24N2O3S. The van der Waals surface area contributed by atoms with Crippen molar-refractivity contribution >= 4 is 34.3 Å². The Kier molecular flexibility index (Phi) is 6.76. The lowest BCUT2D eigenvalue weighted by Crippen LogP contribution is -2.13. The smallest absolute Gasteiger partial charge is 0.225 e. The first-order valence-electron chi connectivity index (χ1n) is 9.21. The van der Waals surface area contributed by atoms with E-state index in [1.54, 1.807) is 18.9 Å². The first kappa shape index (κ1) is 20.0. The van der Waals surface area contributed by atoms with Crippen molar-refractivity contribution in [3.8, 4) is 11.5 Å². The Hall–Kier alpha value is -2.73. The summed E-state index contributed by atoms with van der Waals surface area (Å²) in [5.74, 6) is 2.03. The van der Waals surface area contributed by atoms with Crippen LogP contribution in [0, 0.1) is 6.92 Å². The zero-order chi connectivity index (χ0) is 19.9. The van der Waals surface area contributed by atoms with E-state index in [0.717, 1.165) is 27.2 Å². The summed E-state index contributed by atoms with van der Waals surface area (Å²) in [5.41, 5.74) is 2.69. The summed E-state index contributed by atoms with van der Waals surface area (Å²) in [6.45, 7) is 4.53. The van der Waals surface area contributed by atoms with Crippen LogP contribution in [0.25, 0.3) is 10.9 Å². The third kappa shape index (κ3) is 4.75. The number of ether oxygens (including phenoxy) is 2. The number of rotatable bonds is 8. The standard InChI is InChI=1S/C22H24N2O3S/c1-4-27-18-10-6-5-9-17(18)23-20(25)12-13-28-21-14-15(2)16-8-7-11-19(26-3)22(16)24-21/h5-11,14H,4,12-13H2,1-3H3,(H,23,25). The summed E-state index contributed by atoms with van der Waals surface area (Å²) >= 11 is 1.56. The van der Waals surface area contributed by atoms with Crippen LogP contribution in [0.1, 0.15) is 18.9 Å². The van der Waals surface area contributed by atoms with E-state index < -0.39 is 0 Å². The number of aryl methyl sites for hydroxylation is 1. The zero-order valence-electron chi connectivity index (χ0n) is 16.3. The molecule has 28 heavy (non-hydrogen) atoms. The number of nitrogens with zero attached hydrogens (tertiary/aromatic N) is 1. The normalized spacial score (nSPS) is 10.7. The molecule has 0 fully saturated rings. The second-order valence-corrected chi connectivity index (χ2v) is 7.32. The lowest BCUT2D eigenvalue weighted by molar-refractivity contribution is -0.115. The maximum Gasteiger partial charge on any atom is 0.225 e. The Bertz CT molecular complexity index is 975. The van der Waals surface area contributed by atoms with E-state index in [2.05, 4.69) is 18.3 Å². The summed E-state index contributed by atoms with van der Waals surface area (Å²) in [6, 6.07) is 15.4. The van der Waals surface area contributed by atoms with E-state index in [-0.39, 0.29) is 5.91 Å². The molecule has 0 saturated carbocycles. The molecule has 0 aliphatic heterocycles. The average molecular weight is 397 g/mol. The molecule has 1 N–H and O–H groups in total. The molecule has 3 aromatic rings. The first-order chi connectivity index (χ1) is 13.6. The highest BCUT2D eigenvalue weighted by atomic mass is 32.2. The second kappa shape index (κ2) is 9.46. The minimum atomic E-state index is -0.0465. The van der Waals surface area contributed by atoms with Crippen molar-refractivity contribution < 1.29 is 14.3 Å². The average Bonchev–Trinajstić information content (AvgIpc) is 2.69. The fourth-order valence-corrected chi connectivity index (χ4v) is 3.82. The number of hydrogen-bond donors (Lipinski definition) is 1. The molecule has 5 nitrogen and oxygen atoms in total. The van der Waals surface area contributed by atoms with Crippen molar-refractivity contribution in [2.24, 2.45) is 0 Å². The van der Waals surface area contributed by atoms with Gasteiger partial charge < -0.3 is 14.8 Å². The molecule has 0 unspecified atom stereocenters. The number of para-hydroxylation sites is 3. The van der Waals surface area contributed by atoms with E-state index in [4.69, 9.17) is 14.5 Å². The fourth-order valence-electron chi connectivity index (χ4n) is 2.91. The van der Waals surface area contributed by atoms with Crippen LogP contribution in [-0.4, -0.2) is 30.4 Å². The highest BCUT2D eigenvalue weighted by Crippen LogP contribution is 2.30. The molecule has 0 radical (unpaired) electrons. The Morgan fingerprint density at radius 1 is 1.14 bits per heavy atom. The lowest BCUT2D eigenvalue weighted by Gasteiger charge is -2.11. The molecule has 1 amide bonds. The molecule has 6 heteroatoms. The van der Waals surface area contributed by atoms with Gasteiger partial charge in [-0.1, -0.05) is 24.3 Å². The molecular weight excluding hydrogens is 372 g/mol. The molecule has 3 rings (SSSR count). The second-order valence-electron chi connectivity index (χ2n) is 6.21. The molecule has 0 aliphatic rings. The van der Waals surface area contributed by atoms with Gasteiger partial charge in [0.1, 0.15) is 17.0 Å². The Morgan fingerprint density at radius 3 is 2.71 bits per heavy atom. The molecule has 1 aromatic heterocycles. The van der Waals surface area contributed by atoms with Crippen molar-refractivity contribution in [3.63, 3.8) is 0 Å². The number of aromatic nitrogens is 1. The molecule has 2 aromatic carbocycles. The van der Waals surface area contributed by atoms with E-state index in [0.29, 0.717) is 30.2 Å². The maximum atomic E-state index is 12.3. The predicted octanol–water partition coefficient (Wildman–Crippen LogP) is 5.07. The molecule has 146 valence electrons. The summed E-state index contributed by atoms with van der Waals surface area (Å²) in [6.07, 6.45) is 0.385. The minimum Gasteiger partial charge on any atom is -0.494 e. The lowest BCUT2D eigenvalue weighted by atomic mass is 10.1. The third-order valence-corrected chi connectivity index (χ3v) is 5.16. The highest BCUT2D eigenvalue weighted by molar-refractivity contribution is 7.99. The van der Waals surface area contributed by atoms with Crippen molar-refractivity contribution in [1.29, 1.82) is 0 Å². The van der Waals surface area contributed by atoms with Gasteiger partial charge in [-0.05, 0) is 43.7 Å². The van der Waals surface area contributed by atoms with Crippen molar-refractivity contribution in [2.45, 2.75) is 25.3 Å². The van der Waals surface area contributed by atoms with Gasteiger partial charge in [0.2, 0.25) is 5.91 Å². The molecule has 0 aliphatic carbocycles. The van der Waals surface area contributed by atoms with E-state index in [1.807, 2.05) is 49.4 Å². The van der Waals surface area contributed by atoms with Crippen LogP contribution >= 0.6 is 11.8 Å². The molecule has 0 atom stereocenters. The molecule has 0 spiro atoms. The topological polar surface area (TPSA) is 60.5 Å². The van der Waals surface area contributed by atoms with Crippen LogP contribution in [0.4, 0.5) is 5.69 Å². The number of fused-ring (bicyclic) bond motifs is 1. The molecule has 1 heterocycles. The van der Waals surface area contributed by atoms with E-state index >= 15 is 0 Å². The summed E-state index contributed by atoms with van der Waals surface area (Å²) in [5, 5.41) is 4.89. The van der Waals surface area contributed by atoms with Gasteiger partial charge in [-0.3, -0.25) is 4.79 Å². The predicted molar refractivity (Wildman–Crippen MR) is 115 cm³/mol. The number of methoxy groups -OCH3 is 1. The van der Waals surface area contributed by atoms with Gasteiger partial charge in [0.25, 0.3) is 0 Å². The Morgan fingerprint density at radius 2 is 1.93 bits per heavy atom. The molecule has 0 saturated heterocycles. The number of hydrogen-bond acceptors (Lipinski definition) is 5. The van der Waals surface area contributed by atoms with Crippen LogP contribution in [-0.2, 0) is 4.79 Å². The third-order valence-electron chi connectivity index (χ3n) is 4.25. The number of anilines is 1. The number of amides is 1. The van der Waals surface area contributed by atoms with E-state index in [9.17, 15) is 4.79 Å². The Labute approximate surface area is 169 Å². The summed E-state index contributed by atoms with van der Waals surface area (Å²) < 4.78 is 11.0. The van der Waals surface area contributed by atoms with Crippen molar-refractivity contribution in [3.05, 3.63) is 54.1 Å². The Balaban J connectivity index is 1.63. The maximum absolute atomic E-state index is 12.3. The van der Waals surface area contributed by atoms with E-state index in [1.165, 1.54) is 0 Å². The van der Waals surface area contributed by atoms with Crippen molar-refractivity contribution in [1.82, 2.24) is 4.98 Å². The van der Waals surface area contributed by atoms with Gasteiger partial charge in [0, 0.05) is 17.6 Å².